The lowest BCUT2D eigenvalue weighted by Gasteiger charge is -2.29. The molecule has 1 unspecified atom stereocenters. The van der Waals surface area contributed by atoms with Gasteiger partial charge in [-0.1, -0.05) is 42.6 Å². The number of benzene rings is 1. The normalized spacial score (nSPS) is 26.4. The molecule has 1 aromatic carbocycles. The van der Waals surface area contributed by atoms with E-state index in [2.05, 4.69) is 30.1 Å². The van der Waals surface area contributed by atoms with Gasteiger partial charge < -0.3 is 24.8 Å². The zero-order chi connectivity index (χ0) is 29.0. The van der Waals surface area contributed by atoms with Gasteiger partial charge in [0.25, 0.3) is 0 Å². The molecule has 2 aliphatic rings. The standard InChI is InChI=1S/C25H34N9O6P/c1-3-37-22-19-21(29-24(26)30-22)34(15-28-19)23-25(2,32-33-27)20(35)18(39-23)14-38-41(36,31-16-10-6-4-7-11-16)40-17-12-8-5-9-13-17/h5,8-9,12-13,15-16,18,20,23,35H,3-4,6-7,10-11,14H2,1-2H3,(H,31,36)(H2,26,29,30)/t18-,20-,23-,25-,41?/m1/s1. The second-order valence-electron chi connectivity index (χ2n) is 10.2. The van der Waals surface area contributed by atoms with Crippen molar-refractivity contribution in [1.29, 1.82) is 0 Å². The first kappa shape index (κ1) is 29.1. The average Bonchev–Trinajstić information content (AvgIpc) is 3.47. The van der Waals surface area contributed by atoms with E-state index >= 15 is 0 Å². The molecule has 1 saturated heterocycles. The molecular weight excluding hydrogens is 553 g/mol. The summed E-state index contributed by atoms with van der Waals surface area (Å²) in [7, 11) is -3.90. The third kappa shape index (κ3) is 6.10. The Labute approximate surface area is 236 Å². The fourth-order valence-corrected chi connectivity index (χ4v) is 6.86. The minimum Gasteiger partial charge on any atom is -0.476 e. The number of hydrogen-bond acceptors (Lipinski definition) is 11. The monoisotopic (exact) mass is 587 g/mol. The zero-order valence-electron chi connectivity index (χ0n) is 22.9. The maximum absolute atomic E-state index is 14.0. The van der Waals surface area contributed by atoms with Crippen molar-refractivity contribution in [3.05, 3.63) is 47.1 Å². The summed E-state index contributed by atoms with van der Waals surface area (Å²) >= 11 is 0. The van der Waals surface area contributed by atoms with E-state index in [1.807, 2.05) is 6.07 Å². The van der Waals surface area contributed by atoms with Gasteiger partial charge in [0, 0.05) is 11.0 Å². The van der Waals surface area contributed by atoms with Crippen LogP contribution in [0, 0.1) is 0 Å². The number of para-hydroxylation sites is 1. The summed E-state index contributed by atoms with van der Waals surface area (Å²) in [5, 5.41) is 18.3. The van der Waals surface area contributed by atoms with Crippen molar-refractivity contribution in [2.24, 2.45) is 5.11 Å². The third-order valence-electron chi connectivity index (χ3n) is 7.28. The zero-order valence-corrected chi connectivity index (χ0v) is 23.8. The molecule has 0 radical (unpaired) electrons. The molecule has 4 N–H and O–H groups in total. The quantitative estimate of drug-likeness (QED) is 0.125. The first-order valence-electron chi connectivity index (χ1n) is 13.6. The second kappa shape index (κ2) is 12.2. The summed E-state index contributed by atoms with van der Waals surface area (Å²) in [6, 6.07) is 8.68. The molecule has 1 aliphatic carbocycles. The minimum atomic E-state index is -3.90. The largest absolute Gasteiger partial charge is 0.476 e. The fourth-order valence-electron chi connectivity index (χ4n) is 5.24. The van der Waals surface area contributed by atoms with E-state index in [9.17, 15) is 15.2 Å². The van der Waals surface area contributed by atoms with Crippen LogP contribution in [0.2, 0.25) is 0 Å². The van der Waals surface area contributed by atoms with Gasteiger partial charge in [0.2, 0.25) is 11.8 Å². The van der Waals surface area contributed by atoms with E-state index in [1.165, 1.54) is 10.9 Å². The molecular formula is C25H34N9O6P. The molecule has 41 heavy (non-hydrogen) atoms. The van der Waals surface area contributed by atoms with E-state index in [1.54, 1.807) is 38.1 Å². The molecule has 3 aromatic rings. The van der Waals surface area contributed by atoms with E-state index in [4.69, 9.17) is 24.3 Å². The number of nitrogens with one attached hydrogen (secondary N) is 1. The van der Waals surface area contributed by atoms with Crippen LogP contribution in [0.5, 0.6) is 11.6 Å². The number of hydrogen-bond donors (Lipinski definition) is 3. The molecule has 5 rings (SSSR count). The number of nitrogens with two attached hydrogens (primary N) is 1. The molecule has 220 valence electrons. The van der Waals surface area contributed by atoms with Gasteiger partial charge in [-0.3, -0.25) is 9.09 Å². The highest BCUT2D eigenvalue weighted by atomic mass is 31.2. The fraction of sp³-hybridized carbons (Fsp3) is 0.560. The van der Waals surface area contributed by atoms with Gasteiger partial charge in [0.05, 0.1) is 25.6 Å². The number of aliphatic hydroxyl groups is 1. The smallest absolute Gasteiger partial charge is 0.459 e. The molecule has 0 bridgehead atoms. The lowest BCUT2D eigenvalue weighted by molar-refractivity contribution is -0.0424. The van der Waals surface area contributed by atoms with Gasteiger partial charge in [-0.25, -0.2) is 14.6 Å². The van der Waals surface area contributed by atoms with Crippen LogP contribution in [0.3, 0.4) is 0 Å². The van der Waals surface area contributed by atoms with Crippen LogP contribution >= 0.6 is 7.75 Å². The third-order valence-corrected chi connectivity index (χ3v) is 8.90. The highest BCUT2D eigenvalue weighted by Gasteiger charge is 2.55. The van der Waals surface area contributed by atoms with Crippen molar-refractivity contribution in [1.82, 2.24) is 24.6 Å². The van der Waals surface area contributed by atoms with Gasteiger partial charge in [-0.05, 0) is 44.4 Å². The summed E-state index contributed by atoms with van der Waals surface area (Å²) in [6.45, 7) is 3.34. The lowest BCUT2D eigenvalue weighted by atomic mass is 9.93. The molecule has 1 aliphatic heterocycles. The van der Waals surface area contributed by atoms with E-state index in [0.717, 1.165) is 32.1 Å². The van der Waals surface area contributed by atoms with Crippen molar-refractivity contribution in [3.8, 4) is 11.6 Å². The van der Waals surface area contributed by atoms with Gasteiger partial charge in [-0.15, -0.1) is 0 Å². The number of nitrogen functional groups attached to an aromatic ring is 1. The van der Waals surface area contributed by atoms with Crippen molar-refractivity contribution in [2.45, 2.75) is 76.0 Å². The first-order valence-corrected chi connectivity index (χ1v) is 15.1. The summed E-state index contributed by atoms with van der Waals surface area (Å²) in [5.74, 6) is 0.501. The SMILES string of the molecule is CCOc1nc(N)nc2c1ncn2[C@@H]1O[C@H](COP(=O)(NC2CCCCC2)Oc2ccccc2)[C@@H](O)[C@@]1(C)N=[N+]=[N-]. The van der Waals surface area contributed by atoms with Crippen molar-refractivity contribution in [2.75, 3.05) is 18.9 Å². The molecule has 3 heterocycles. The van der Waals surface area contributed by atoms with Crippen LogP contribution in [0.25, 0.3) is 21.6 Å². The Morgan fingerprint density at radius 3 is 2.76 bits per heavy atom. The molecule has 2 fully saturated rings. The maximum atomic E-state index is 14.0. The van der Waals surface area contributed by atoms with Crippen LogP contribution < -0.4 is 20.1 Å². The second-order valence-corrected chi connectivity index (χ2v) is 11.9. The Kier molecular flexibility index (Phi) is 8.64. The Balaban J connectivity index is 1.42. The summed E-state index contributed by atoms with van der Waals surface area (Å²) in [4.78, 5) is 15.7. The Hall–Kier alpha value is -3.45. The predicted molar refractivity (Wildman–Crippen MR) is 149 cm³/mol. The number of imidazole rings is 1. The number of nitrogens with zero attached hydrogens (tertiary/aromatic N) is 7. The number of anilines is 1. The van der Waals surface area contributed by atoms with Crippen molar-refractivity contribution < 1.29 is 28.2 Å². The van der Waals surface area contributed by atoms with E-state index in [0.29, 0.717) is 17.9 Å². The molecule has 16 heteroatoms. The van der Waals surface area contributed by atoms with Gasteiger partial charge in [0.1, 0.15) is 17.4 Å². The van der Waals surface area contributed by atoms with Gasteiger partial charge >= 0.3 is 7.75 Å². The predicted octanol–water partition coefficient (Wildman–Crippen LogP) is 4.26. The Bertz CT molecular complexity index is 1450. The van der Waals surface area contributed by atoms with E-state index in [-0.39, 0.29) is 30.1 Å². The Morgan fingerprint density at radius 2 is 2.05 bits per heavy atom. The van der Waals surface area contributed by atoms with E-state index < -0.39 is 31.7 Å². The number of rotatable bonds is 11. The summed E-state index contributed by atoms with van der Waals surface area (Å²) < 4.78 is 39.0. The molecule has 15 nitrogen and oxygen atoms in total. The molecule has 0 spiro atoms. The van der Waals surface area contributed by atoms with Crippen molar-refractivity contribution in [3.63, 3.8) is 0 Å². The molecule has 5 atom stereocenters. The van der Waals surface area contributed by atoms with Crippen LogP contribution in [0.1, 0.15) is 52.2 Å². The van der Waals surface area contributed by atoms with Crippen LogP contribution in [-0.4, -0.2) is 61.6 Å². The number of aliphatic hydroxyl groups excluding tert-OH is 1. The number of azide groups is 1. The molecule has 2 aromatic heterocycles. The summed E-state index contributed by atoms with van der Waals surface area (Å²) in [6.07, 6.45) is 2.76. The molecule has 0 amide bonds. The maximum Gasteiger partial charge on any atom is 0.459 e. The minimum absolute atomic E-state index is 0.0455. The highest BCUT2D eigenvalue weighted by Crippen LogP contribution is 2.49. The first-order chi connectivity index (χ1) is 19.8. The number of ether oxygens (including phenoxy) is 2. The molecule has 1 saturated carbocycles. The average molecular weight is 588 g/mol. The van der Waals surface area contributed by atoms with Gasteiger partial charge in [-0.2, -0.15) is 9.97 Å². The topological polar surface area (TPSA) is 205 Å². The van der Waals surface area contributed by atoms with Crippen LogP contribution in [0.4, 0.5) is 5.95 Å². The lowest BCUT2D eigenvalue weighted by Crippen LogP contribution is -2.43. The number of aromatic nitrogens is 4. The van der Waals surface area contributed by atoms with Crippen LogP contribution in [-0.2, 0) is 13.8 Å². The van der Waals surface area contributed by atoms with Crippen molar-refractivity contribution >= 4 is 24.9 Å². The number of fused-ring (bicyclic) bond motifs is 1. The summed E-state index contributed by atoms with van der Waals surface area (Å²) in [5.41, 5.74) is 14.3. The Morgan fingerprint density at radius 1 is 1.29 bits per heavy atom. The van der Waals surface area contributed by atoms with Crippen LogP contribution in [0.15, 0.2) is 41.8 Å². The highest BCUT2D eigenvalue weighted by molar-refractivity contribution is 7.52. The van der Waals surface area contributed by atoms with Gasteiger partial charge in [0.15, 0.2) is 17.4 Å².